The first kappa shape index (κ1) is 17.9. The van der Waals surface area contributed by atoms with Gasteiger partial charge in [-0.1, -0.05) is 23.7 Å². The smallest absolute Gasteiger partial charge is 0.230 e. The zero-order valence-corrected chi connectivity index (χ0v) is 16.3. The Morgan fingerprint density at radius 1 is 1.29 bits per heavy atom. The van der Waals surface area contributed by atoms with Gasteiger partial charge >= 0.3 is 0 Å². The maximum Gasteiger partial charge on any atom is 0.230 e. The summed E-state index contributed by atoms with van der Waals surface area (Å²) >= 11 is 6.03. The highest BCUT2D eigenvalue weighted by Crippen LogP contribution is 2.41. The summed E-state index contributed by atoms with van der Waals surface area (Å²) in [5.41, 5.74) is 0.668. The van der Waals surface area contributed by atoms with Crippen LogP contribution in [0.4, 0.5) is 5.82 Å². The molecule has 3 aliphatic rings. The van der Waals surface area contributed by atoms with Gasteiger partial charge in [-0.2, -0.15) is 0 Å². The molecule has 6 nitrogen and oxygen atoms in total. The van der Waals surface area contributed by atoms with E-state index < -0.39 is 5.41 Å². The molecule has 1 amide bonds. The van der Waals surface area contributed by atoms with Crippen molar-refractivity contribution in [2.45, 2.75) is 31.4 Å². The van der Waals surface area contributed by atoms with Gasteiger partial charge in [-0.15, -0.1) is 0 Å². The van der Waals surface area contributed by atoms with E-state index in [1.807, 2.05) is 30.3 Å². The molecule has 3 heterocycles. The molecule has 0 radical (unpaired) electrons. The van der Waals surface area contributed by atoms with E-state index in [0.29, 0.717) is 36.6 Å². The lowest BCUT2D eigenvalue weighted by Gasteiger charge is -2.51. The number of hydrogen-bond donors (Lipinski definition) is 1. The summed E-state index contributed by atoms with van der Waals surface area (Å²) in [6, 6.07) is 9.92. The average Bonchev–Trinajstić information content (AvgIpc) is 3.05. The number of aromatic nitrogens is 2. The summed E-state index contributed by atoms with van der Waals surface area (Å²) in [5, 5.41) is 4.04. The molecule has 28 heavy (non-hydrogen) atoms. The van der Waals surface area contributed by atoms with Crippen LogP contribution in [0.5, 0.6) is 0 Å². The lowest BCUT2D eigenvalue weighted by atomic mass is 9.71. The first-order valence-electron chi connectivity index (χ1n) is 9.81. The number of nitrogens with zero attached hydrogens (tertiary/aromatic N) is 3. The molecular formula is C21H23ClN4O2. The molecule has 0 bridgehead atoms. The Labute approximate surface area is 169 Å². The van der Waals surface area contributed by atoms with Gasteiger partial charge in [0.05, 0.1) is 11.5 Å². The van der Waals surface area contributed by atoms with Crippen LogP contribution in [0.3, 0.4) is 0 Å². The fourth-order valence-electron chi connectivity index (χ4n) is 4.73. The largest absolute Gasteiger partial charge is 0.378 e. The van der Waals surface area contributed by atoms with Crippen LogP contribution in [-0.2, 0) is 16.0 Å². The summed E-state index contributed by atoms with van der Waals surface area (Å²) in [6.07, 6.45) is 6.29. The number of nitrogens with one attached hydrogen (secondary N) is 1. The standard InChI is InChI=1S/C21H23ClN4O2/c22-15-3-1-14(2-4-15)10-21(11-26(12-21)19-5-7-23-13-24-19)20(27)25-17-9-18-16(17)6-8-28-18/h1-5,7,13,16-18H,6,8-12H2,(H,25,27)/t16-,17+,18+/m0/s1. The molecule has 1 aromatic heterocycles. The monoisotopic (exact) mass is 398 g/mol. The zero-order valence-electron chi connectivity index (χ0n) is 15.6. The first-order chi connectivity index (χ1) is 13.6. The van der Waals surface area contributed by atoms with E-state index in [9.17, 15) is 4.79 Å². The number of carbonyl (C=O) groups excluding carboxylic acids is 1. The topological polar surface area (TPSA) is 67.3 Å². The Bertz CT molecular complexity index is 854. The summed E-state index contributed by atoms with van der Waals surface area (Å²) < 4.78 is 5.69. The van der Waals surface area contributed by atoms with E-state index in [0.717, 1.165) is 30.8 Å². The molecule has 3 fully saturated rings. The summed E-state index contributed by atoms with van der Waals surface area (Å²) in [4.78, 5) is 23.8. The number of hydrogen-bond acceptors (Lipinski definition) is 5. The van der Waals surface area contributed by atoms with Gasteiger partial charge in [0.15, 0.2) is 0 Å². The quantitative estimate of drug-likeness (QED) is 0.838. The molecule has 7 heteroatoms. The Hall–Kier alpha value is -2.18. The van der Waals surface area contributed by atoms with Crippen molar-refractivity contribution in [3.05, 3.63) is 53.4 Å². The molecule has 1 aliphatic carbocycles. The Morgan fingerprint density at radius 3 is 2.82 bits per heavy atom. The number of carbonyl (C=O) groups is 1. The van der Waals surface area contributed by atoms with Gasteiger partial charge in [0.2, 0.25) is 5.91 Å². The molecule has 5 rings (SSSR count). The second-order valence-corrected chi connectivity index (χ2v) is 8.62. The van der Waals surface area contributed by atoms with Crippen LogP contribution in [0.2, 0.25) is 5.02 Å². The predicted molar refractivity (Wildman–Crippen MR) is 106 cm³/mol. The van der Waals surface area contributed by atoms with Gasteiger partial charge in [-0.05, 0) is 43.0 Å². The van der Waals surface area contributed by atoms with Crippen LogP contribution in [-0.4, -0.2) is 47.7 Å². The number of halogens is 1. The second kappa shape index (κ2) is 7.01. The van der Waals surface area contributed by atoms with Gasteiger partial charge in [0.25, 0.3) is 0 Å². The van der Waals surface area contributed by atoms with Crippen LogP contribution in [0.1, 0.15) is 18.4 Å². The van der Waals surface area contributed by atoms with E-state index in [2.05, 4.69) is 20.2 Å². The van der Waals surface area contributed by atoms with Gasteiger partial charge < -0.3 is 15.0 Å². The van der Waals surface area contributed by atoms with Crippen molar-refractivity contribution in [1.29, 1.82) is 0 Å². The molecule has 2 aromatic rings. The molecule has 1 aromatic carbocycles. The molecule has 3 atom stereocenters. The van der Waals surface area contributed by atoms with E-state index in [-0.39, 0.29) is 11.9 Å². The minimum atomic E-state index is -0.455. The lowest BCUT2D eigenvalue weighted by molar-refractivity contribution is -0.135. The fourth-order valence-corrected chi connectivity index (χ4v) is 4.86. The third-order valence-corrected chi connectivity index (χ3v) is 6.65. The van der Waals surface area contributed by atoms with Crippen molar-refractivity contribution in [2.75, 3.05) is 24.6 Å². The molecule has 2 aliphatic heterocycles. The highest BCUT2D eigenvalue weighted by molar-refractivity contribution is 6.30. The second-order valence-electron chi connectivity index (χ2n) is 8.18. The van der Waals surface area contributed by atoms with Crippen molar-refractivity contribution in [3.63, 3.8) is 0 Å². The van der Waals surface area contributed by atoms with Gasteiger partial charge in [0.1, 0.15) is 12.1 Å². The number of amides is 1. The Morgan fingerprint density at radius 2 is 2.11 bits per heavy atom. The van der Waals surface area contributed by atoms with Gasteiger partial charge in [-0.25, -0.2) is 9.97 Å². The van der Waals surface area contributed by atoms with Crippen LogP contribution in [0.15, 0.2) is 42.9 Å². The minimum Gasteiger partial charge on any atom is -0.378 e. The van der Waals surface area contributed by atoms with Crippen molar-refractivity contribution >= 4 is 23.3 Å². The number of fused-ring (bicyclic) bond motifs is 1. The average molecular weight is 399 g/mol. The predicted octanol–water partition coefficient (Wildman–Crippen LogP) is 2.47. The molecule has 1 N–H and O–H groups in total. The fraction of sp³-hybridized carbons (Fsp3) is 0.476. The van der Waals surface area contributed by atoms with E-state index in [4.69, 9.17) is 16.3 Å². The number of benzene rings is 1. The maximum absolute atomic E-state index is 13.3. The highest BCUT2D eigenvalue weighted by atomic mass is 35.5. The van der Waals surface area contributed by atoms with Crippen molar-refractivity contribution in [1.82, 2.24) is 15.3 Å². The molecule has 146 valence electrons. The Balaban J connectivity index is 1.32. The molecule has 2 saturated heterocycles. The number of rotatable bonds is 5. The Kier molecular flexibility index (Phi) is 4.48. The van der Waals surface area contributed by atoms with Gasteiger partial charge in [-0.3, -0.25) is 4.79 Å². The van der Waals surface area contributed by atoms with Crippen LogP contribution in [0, 0.1) is 11.3 Å². The number of anilines is 1. The lowest BCUT2D eigenvalue weighted by Crippen LogP contribution is -2.67. The highest BCUT2D eigenvalue weighted by Gasteiger charge is 2.53. The maximum atomic E-state index is 13.3. The minimum absolute atomic E-state index is 0.142. The van der Waals surface area contributed by atoms with E-state index in [1.54, 1.807) is 12.5 Å². The molecule has 0 unspecified atom stereocenters. The van der Waals surface area contributed by atoms with Crippen molar-refractivity contribution < 1.29 is 9.53 Å². The third kappa shape index (κ3) is 3.14. The molecule has 1 saturated carbocycles. The third-order valence-electron chi connectivity index (χ3n) is 6.40. The van der Waals surface area contributed by atoms with E-state index in [1.165, 1.54) is 0 Å². The van der Waals surface area contributed by atoms with Crippen LogP contribution < -0.4 is 10.2 Å². The van der Waals surface area contributed by atoms with Crippen molar-refractivity contribution in [2.24, 2.45) is 11.3 Å². The molecule has 0 spiro atoms. The summed E-state index contributed by atoms with van der Waals surface area (Å²) in [5.74, 6) is 1.49. The SMILES string of the molecule is O=C(N[C@@H]1C[C@H]2OCC[C@@H]12)C1(Cc2ccc(Cl)cc2)CN(c2ccncn2)C1. The number of ether oxygens (including phenoxy) is 1. The normalized spacial score (nSPS) is 27.5. The first-order valence-corrected chi connectivity index (χ1v) is 10.2. The molecular weight excluding hydrogens is 376 g/mol. The van der Waals surface area contributed by atoms with Crippen LogP contribution >= 0.6 is 11.6 Å². The summed E-state index contributed by atoms with van der Waals surface area (Å²) in [6.45, 7) is 2.12. The van der Waals surface area contributed by atoms with Crippen LogP contribution in [0.25, 0.3) is 0 Å². The van der Waals surface area contributed by atoms with Gasteiger partial charge in [0, 0.05) is 42.9 Å². The van der Waals surface area contributed by atoms with E-state index >= 15 is 0 Å². The zero-order chi connectivity index (χ0) is 19.1. The van der Waals surface area contributed by atoms with Crippen molar-refractivity contribution in [3.8, 4) is 0 Å². The summed E-state index contributed by atoms with van der Waals surface area (Å²) in [7, 11) is 0.